The van der Waals surface area contributed by atoms with Crippen LogP contribution in [0.4, 0.5) is 10.3 Å². The number of halogens is 1. The molecule has 0 saturated carbocycles. The molecular formula is C25H29FN4O. The van der Waals surface area contributed by atoms with Crippen molar-refractivity contribution < 1.29 is 9.50 Å². The van der Waals surface area contributed by atoms with E-state index in [-0.39, 0.29) is 5.75 Å². The van der Waals surface area contributed by atoms with E-state index in [9.17, 15) is 9.50 Å². The van der Waals surface area contributed by atoms with Crippen molar-refractivity contribution in [2.24, 2.45) is 5.92 Å². The minimum absolute atomic E-state index is 0.251. The molecule has 3 N–H and O–H groups in total. The van der Waals surface area contributed by atoms with Crippen LogP contribution < -0.4 is 10.6 Å². The molecule has 0 unspecified atom stereocenters. The van der Waals surface area contributed by atoms with Gasteiger partial charge in [-0.25, -0.2) is 14.4 Å². The van der Waals surface area contributed by atoms with E-state index >= 15 is 0 Å². The Balaban J connectivity index is 1.39. The molecule has 1 aliphatic rings. The highest BCUT2D eigenvalue weighted by Crippen LogP contribution is 2.25. The lowest BCUT2D eigenvalue weighted by Crippen LogP contribution is -2.27. The summed E-state index contributed by atoms with van der Waals surface area (Å²) in [7, 11) is 0. The summed E-state index contributed by atoms with van der Waals surface area (Å²) in [5, 5.41) is 16.0. The summed E-state index contributed by atoms with van der Waals surface area (Å²) in [6, 6.07) is 15.1. The molecule has 0 bridgehead atoms. The lowest BCUT2D eigenvalue weighted by molar-refractivity contribution is 0.354. The van der Waals surface area contributed by atoms with Gasteiger partial charge in [0.05, 0.1) is 6.20 Å². The Kier molecular flexibility index (Phi) is 7.10. The summed E-state index contributed by atoms with van der Waals surface area (Å²) in [6.07, 6.45) is 6.62. The van der Waals surface area contributed by atoms with Crippen LogP contribution in [0.3, 0.4) is 0 Å². The van der Waals surface area contributed by atoms with Crippen LogP contribution in [0.5, 0.6) is 5.75 Å². The van der Waals surface area contributed by atoms with Crippen LogP contribution >= 0.6 is 0 Å². The molecule has 3 aromatic rings. The second kappa shape index (κ2) is 10.4. The average molecular weight is 421 g/mol. The number of anilines is 1. The Morgan fingerprint density at radius 1 is 1.03 bits per heavy atom. The SMILES string of the molecule is Oc1ccc(CCNc2ncc(F)c(-c3cccc(CCC4CCNCC4)c3)n2)cc1. The van der Waals surface area contributed by atoms with Crippen LogP contribution in [0, 0.1) is 11.7 Å². The molecule has 2 aromatic carbocycles. The Morgan fingerprint density at radius 2 is 1.84 bits per heavy atom. The number of hydrogen-bond donors (Lipinski definition) is 3. The molecule has 2 heterocycles. The number of nitrogens with zero attached hydrogens (tertiary/aromatic N) is 2. The van der Waals surface area contributed by atoms with Gasteiger partial charge in [0.1, 0.15) is 11.4 Å². The van der Waals surface area contributed by atoms with Gasteiger partial charge in [-0.3, -0.25) is 0 Å². The Hall–Kier alpha value is -2.99. The van der Waals surface area contributed by atoms with Crippen molar-refractivity contribution in [2.75, 3.05) is 25.0 Å². The molecule has 162 valence electrons. The zero-order valence-electron chi connectivity index (χ0n) is 17.6. The topological polar surface area (TPSA) is 70.1 Å². The number of aromatic nitrogens is 2. The second-order valence-corrected chi connectivity index (χ2v) is 8.17. The molecule has 0 aliphatic carbocycles. The van der Waals surface area contributed by atoms with Crippen LogP contribution in [-0.4, -0.2) is 34.7 Å². The summed E-state index contributed by atoms with van der Waals surface area (Å²) < 4.78 is 14.5. The van der Waals surface area contributed by atoms with Gasteiger partial charge in [-0.1, -0.05) is 30.3 Å². The third-order valence-electron chi connectivity index (χ3n) is 5.88. The molecule has 1 aromatic heterocycles. The van der Waals surface area contributed by atoms with Crippen molar-refractivity contribution in [1.29, 1.82) is 0 Å². The zero-order chi connectivity index (χ0) is 21.5. The van der Waals surface area contributed by atoms with Gasteiger partial charge >= 0.3 is 0 Å². The van der Waals surface area contributed by atoms with Crippen LogP contribution in [-0.2, 0) is 12.8 Å². The molecule has 5 nitrogen and oxygen atoms in total. The van der Waals surface area contributed by atoms with E-state index in [2.05, 4.69) is 26.7 Å². The summed E-state index contributed by atoms with van der Waals surface area (Å²) in [5.41, 5.74) is 3.42. The van der Waals surface area contributed by atoms with Crippen molar-refractivity contribution in [3.05, 3.63) is 71.7 Å². The highest BCUT2D eigenvalue weighted by Gasteiger charge is 2.14. The van der Waals surface area contributed by atoms with Gasteiger partial charge in [-0.15, -0.1) is 0 Å². The first-order chi connectivity index (χ1) is 15.2. The zero-order valence-corrected chi connectivity index (χ0v) is 17.6. The van der Waals surface area contributed by atoms with Crippen LogP contribution in [0.2, 0.25) is 0 Å². The Labute approximate surface area is 182 Å². The number of rotatable bonds is 8. The fraction of sp³-hybridized carbons (Fsp3) is 0.360. The van der Waals surface area contributed by atoms with E-state index in [0.29, 0.717) is 18.2 Å². The Bertz CT molecular complexity index is 987. The molecule has 0 amide bonds. The predicted octanol–water partition coefficient (Wildman–Crippen LogP) is 4.58. The molecule has 1 fully saturated rings. The highest BCUT2D eigenvalue weighted by molar-refractivity contribution is 5.61. The number of benzene rings is 2. The van der Waals surface area contributed by atoms with E-state index in [0.717, 1.165) is 43.0 Å². The molecule has 0 spiro atoms. The van der Waals surface area contributed by atoms with Gasteiger partial charge in [0.25, 0.3) is 0 Å². The quantitative estimate of drug-likeness (QED) is 0.498. The van der Waals surface area contributed by atoms with Gasteiger partial charge in [-0.05, 0) is 80.4 Å². The second-order valence-electron chi connectivity index (χ2n) is 8.17. The molecule has 4 rings (SSSR count). The van der Waals surface area contributed by atoms with Gasteiger partial charge in [0, 0.05) is 12.1 Å². The summed E-state index contributed by atoms with van der Waals surface area (Å²) in [5.74, 6) is 1.01. The minimum Gasteiger partial charge on any atom is -0.508 e. The van der Waals surface area contributed by atoms with E-state index in [1.165, 1.54) is 31.0 Å². The van der Waals surface area contributed by atoms with Crippen molar-refractivity contribution in [3.63, 3.8) is 0 Å². The molecular weight excluding hydrogens is 391 g/mol. The number of piperidine rings is 1. The van der Waals surface area contributed by atoms with Gasteiger partial charge in [-0.2, -0.15) is 0 Å². The predicted molar refractivity (Wildman–Crippen MR) is 122 cm³/mol. The maximum Gasteiger partial charge on any atom is 0.223 e. The van der Waals surface area contributed by atoms with Crippen molar-refractivity contribution in [1.82, 2.24) is 15.3 Å². The third kappa shape index (κ3) is 6.01. The Morgan fingerprint density at radius 3 is 2.65 bits per heavy atom. The summed E-state index contributed by atoms with van der Waals surface area (Å²) in [6.45, 7) is 2.84. The number of hydrogen-bond acceptors (Lipinski definition) is 5. The van der Waals surface area contributed by atoms with Gasteiger partial charge in [0.2, 0.25) is 5.95 Å². The first-order valence-electron chi connectivity index (χ1n) is 11.0. The minimum atomic E-state index is -0.417. The number of phenolic OH excluding ortho intramolecular Hbond substituents is 1. The smallest absolute Gasteiger partial charge is 0.223 e. The highest BCUT2D eigenvalue weighted by atomic mass is 19.1. The molecule has 0 atom stereocenters. The van der Waals surface area contributed by atoms with E-state index < -0.39 is 5.82 Å². The largest absolute Gasteiger partial charge is 0.508 e. The first-order valence-corrected chi connectivity index (χ1v) is 11.0. The van der Waals surface area contributed by atoms with Crippen molar-refractivity contribution in [3.8, 4) is 17.0 Å². The molecule has 31 heavy (non-hydrogen) atoms. The van der Waals surface area contributed by atoms with E-state index in [1.54, 1.807) is 12.1 Å². The molecule has 1 saturated heterocycles. The van der Waals surface area contributed by atoms with Gasteiger partial charge in [0.15, 0.2) is 5.82 Å². The monoisotopic (exact) mass is 420 g/mol. The lowest BCUT2D eigenvalue weighted by Gasteiger charge is -2.22. The molecule has 6 heteroatoms. The summed E-state index contributed by atoms with van der Waals surface area (Å²) >= 11 is 0. The standard InChI is InChI=1S/C25H29FN4O/c26-23-17-29-25(28-15-12-18-6-8-22(31)9-7-18)30-24(23)21-3-1-2-20(16-21)5-4-19-10-13-27-14-11-19/h1-3,6-9,16-17,19,27,31H,4-5,10-15H2,(H,28,29,30). The third-order valence-corrected chi connectivity index (χ3v) is 5.88. The lowest BCUT2D eigenvalue weighted by atomic mass is 9.91. The van der Waals surface area contributed by atoms with Gasteiger partial charge < -0.3 is 15.7 Å². The van der Waals surface area contributed by atoms with Crippen LogP contribution in [0.1, 0.15) is 30.4 Å². The first kappa shape index (κ1) is 21.2. The summed E-state index contributed by atoms with van der Waals surface area (Å²) in [4.78, 5) is 8.52. The fourth-order valence-electron chi connectivity index (χ4n) is 4.05. The van der Waals surface area contributed by atoms with Crippen molar-refractivity contribution >= 4 is 5.95 Å². The number of nitrogens with one attached hydrogen (secondary N) is 2. The number of phenols is 1. The van der Waals surface area contributed by atoms with Crippen LogP contribution in [0.25, 0.3) is 11.3 Å². The van der Waals surface area contributed by atoms with Crippen molar-refractivity contribution in [2.45, 2.75) is 32.1 Å². The maximum absolute atomic E-state index is 14.5. The fourth-order valence-corrected chi connectivity index (χ4v) is 4.05. The normalized spacial score (nSPS) is 14.5. The molecule has 0 radical (unpaired) electrons. The van der Waals surface area contributed by atoms with Crippen LogP contribution in [0.15, 0.2) is 54.7 Å². The van der Waals surface area contributed by atoms with E-state index in [1.807, 2.05) is 30.3 Å². The van der Waals surface area contributed by atoms with E-state index in [4.69, 9.17) is 0 Å². The molecule has 1 aliphatic heterocycles. The maximum atomic E-state index is 14.5. The number of aromatic hydroxyl groups is 1. The number of aryl methyl sites for hydroxylation is 1. The average Bonchev–Trinajstić information content (AvgIpc) is 2.81.